The van der Waals surface area contributed by atoms with Crippen LogP contribution in [0.3, 0.4) is 0 Å². The molecule has 0 spiro atoms. The van der Waals surface area contributed by atoms with Crippen LogP contribution in [0.5, 0.6) is 11.5 Å². The molecule has 0 aliphatic carbocycles. The van der Waals surface area contributed by atoms with Crippen LogP contribution >= 0.6 is 12.2 Å². The van der Waals surface area contributed by atoms with Crippen molar-refractivity contribution >= 4 is 28.9 Å². The fourth-order valence-corrected chi connectivity index (χ4v) is 2.43. The first-order valence-corrected chi connectivity index (χ1v) is 8.84. The summed E-state index contributed by atoms with van der Waals surface area (Å²) in [6.07, 6.45) is 0.233. The molecule has 2 aromatic rings. The average molecular weight is 372 g/mol. The first-order valence-electron chi connectivity index (χ1n) is 8.43. The van der Waals surface area contributed by atoms with Gasteiger partial charge in [-0.1, -0.05) is 38.1 Å². The SMILES string of the molecule is COc1ccc(CC(=O)NC(=S)Nc2ccccc2OCC(C)C)cc1. The topological polar surface area (TPSA) is 59.6 Å². The number of anilines is 1. The number of ether oxygens (including phenoxy) is 2. The second kappa shape index (κ2) is 9.77. The Morgan fingerprint density at radius 1 is 1.12 bits per heavy atom. The summed E-state index contributed by atoms with van der Waals surface area (Å²) in [7, 11) is 1.61. The third-order valence-corrected chi connectivity index (χ3v) is 3.69. The van der Waals surface area contributed by atoms with Crippen LogP contribution in [0.25, 0.3) is 0 Å². The minimum Gasteiger partial charge on any atom is -0.497 e. The molecular formula is C20H24N2O3S. The molecular weight excluding hydrogens is 348 g/mol. The Hall–Kier alpha value is -2.60. The van der Waals surface area contributed by atoms with Crippen LogP contribution in [0, 0.1) is 5.92 Å². The predicted molar refractivity (Wildman–Crippen MR) is 108 cm³/mol. The normalized spacial score (nSPS) is 10.3. The Balaban J connectivity index is 1.90. The second-order valence-electron chi connectivity index (χ2n) is 6.23. The summed E-state index contributed by atoms with van der Waals surface area (Å²) in [6.45, 7) is 4.77. The first kappa shape index (κ1) is 19.7. The summed E-state index contributed by atoms with van der Waals surface area (Å²) >= 11 is 5.24. The highest BCUT2D eigenvalue weighted by molar-refractivity contribution is 7.80. The van der Waals surface area contributed by atoms with E-state index in [0.29, 0.717) is 18.3 Å². The molecule has 0 fully saturated rings. The van der Waals surface area contributed by atoms with Crippen molar-refractivity contribution in [2.45, 2.75) is 20.3 Å². The molecule has 0 heterocycles. The number of thiocarbonyl (C=S) groups is 1. The molecule has 6 heteroatoms. The van der Waals surface area contributed by atoms with Gasteiger partial charge in [-0.2, -0.15) is 0 Å². The number of hydrogen-bond donors (Lipinski definition) is 2. The number of carbonyl (C=O) groups excluding carboxylic acids is 1. The minimum absolute atomic E-state index is 0.187. The van der Waals surface area contributed by atoms with E-state index >= 15 is 0 Å². The number of amides is 1. The highest BCUT2D eigenvalue weighted by Gasteiger charge is 2.09. The smallest absolute Gasteiger partial charge is 0.230 e. The third-order valence-electron chi connectivity index (χ3n) is 3.48. The maximum atomic E-state index is 12.2. The second-order valence-corrected chi connectivity index (χ2v) is 6.64. The fraction of sp³-hybridized carbons (Fsp3) is 0.300. The number of rotatable bonds is 7. The van der Waals surface area contributed by atoms with E-state index < -0.39 is 0 Å². The van der Waals surface area contributed by atoms with Gasteiger partial charge < -0.3 is 20.1 Å². The van der Waals surface area contributed by atoms with Crippen LogP contribution in [0.2, 0.25) is 0 Å². The van der Waals surface area contributed by atoms with Gasteiger partial charge >= 0.3 is 0 Å². The van der Waals surface area contributed by atoms with Crippen molar-refractivity contribution in [2.24, 2.45) is 5.92 Å². The Bertz CT molecular complexity index is 745. The number of hydrogen-bond acceptors (Lipinski definition) is 4. The number of para-hydroxylation sites is 2. The van der Waals surface area contributed by atoms with Crippen molar-refractivity contribution in [3.8, 4) is 11.5 Å². The van der Waals surface area contributed by atoms with Crippen molar-refractivity contribution in [1.29, 1.82) is 0 Å². The van der Waals surface area contributed by atoms with Gasteiger partial charge in [-0.25, -0.2) is 0 Å². The Labute approximate surface area is 159 Å². The molecule has 0 aliphatic rings. The van der Waals surface area contributed by atoms with E-state index in [2.05, 4.69) is 24.5 Å². The van der Waals surface area contributed by atoms with E-state index in [1.807, 2.05) is 48.5 Å². The monoisotopic (exact) mass is 372 g/mol. The van der Waals surface area contributed by atoms with Crippen LogP contribution < -0.4 is 20.1 Å². The number of methoxy groups -OCH3 is 1. The summed E-state index contributed by atoms with van der Waals surface area (Å²) in [5.41, 5.74) is 1.61. The van der Waals surface area contributed by atoms with Gasteiger partial charge in [0, 0.05) is 0 Å². The molecule has 2 N–H and O–H groups in total. The lowest BCUT2D eigenvalue weighted by molar-refractivity contribution is -0.119. The van der Waals surface area contributed by atoms with E-state index in [9.17, 15) is 4.79 Å². The molecule has 0 saturated heterocycles. The molecule has 0 atom stereocenters. The van der Waals surface area contributed by atoms with Gasteiger partial charge in [0.1, 0.15) is 11.5 Å². The average Bonchev–Trinajstić information content (AvgIpc) is 2.61. The van der Waals surface area contributed by atoms with E-state index in [1.165, 1.54) is 0 Å². The standard InChI is InChI=1S/C20H24N2O3S/c1-14(2)13-25-18-7-5-4-6-17(18)21-20(26)22-19(23)12-15-8-10-16(24-3)11-9-15/h4-11,14H,12-13H2,1-3H3,(H2,21,22,23,26). The molecule has 26 heavy (non-hydrogen) atoms. The molecule has 138 valence electrons. The van der Waals surface area contributed by atoms with Gasteiger partial charge in [0.15, 0.2) is 5.11 Å². The number of carbonyl (C=O) groups is 1. The molecule has 0 bridgehead atoms. The lowest BCUT2D eigenvalue weighted by atomic mass is 10.1. The van der Waals surface area contributed by atoms with Crippen LogP contribution in [0.4, 0.5) is 5.69 Å². The largest absolute Gasteiger partial charge is 0.497 e. The summed E-state index contributed by atoms with van der Waals surface area (Å²) in [5, 5.41) is 5.96. The van der Waals surface area contributed by atoms with Crippen molar-refractivity contribution in [1.82, 2.24) is 5.32 Å². The van der Waals surface area contributed by atoms with Gasteiger partial charge in [-0.3, -0.25) is 4.79 Å². The van der Waals surface area contributed by atoms with E-state index in [1.54, 1.807) is 7.11 Å². The molecule has 0 saturated carbocycles. The van der Waals surface area contributed by atoms with E-state index in [0.717, 1.165) is 17.0 Å². The minimum atomic E-state index is -0.187. The van der Waals surface area contributed by atoms with Gasteiger partial charge in [0.05, 0.1) is 25.8 Å². The molecule has 2 rings (SSSR count). The molecule has 5 nitrogen and oxygen atoms in total. The highest BCUT2D eigenvalue weighted by Crippen LogP contribution is 2.24. The first-order chi connectivity index (χ1) is 12.5. The maximum absolute atomic E-state index is 12.2. The molecule has 2 aromatic carbocycles. The summed E-state index contributed by atoms with van der Waals surface area (Å²) in [6, 6.07) is 14.8. The zero-order valence-corrected chi connectivity index (χ0v) is 16.1. The van der Waals surface area contributed by atoms with Crippen LogP contribution in [-0.4, -0.2) is 24.7 Å². The Kier molecular flexibility index (Phi) is 7.41. The quantitative estimate of drug-likeness (QED) is 0.724. The molecule has 0 unspecified atom stereocenters. The van der Waals surface area contributed by atoms with Gasteiger partial charge in [-0.05, 0) is 48.0 Å². The van der Waals surface area contributed by atoms with Crippen molar-refractivity contribution in [3.63, 3.8) is 0 Å². The summed E-state index contributed by atoms with van der Waals surface area (Å²) in [5.74, 6) is 1.68. The molecule has 1 amide bonds. The summed E-state index contributed by atoms with van der Waals surface area (Å²) in [4.78, 5) is 12.2. The maximum Gasteiger partial charge on any atom is 0.230 e. The molecule has 0 radical (unpaired) electrons. The van der Waals surface area contributed by atoms with Gasteiger partial charge in [0.25, 0.3) is 0 Å². The Morgan fingerprint density at radius 2 is 1.81 bits per heavy atom. The summed E-state index contributed by atoms with van der Waals surface area (Å²) < 4.78 is 10.9. The van der Waals surface area contributed by atoms with Crippen molar-refractivity contribution in [3.05, 3.63) is 54.1 Å². The van der Waals surface area contributed by atoms with Gasteiger partial charge in [-0.15, -0.1) is 0 Å². The van der Waals surface area contributed by atoms with Crippen LogP contribution in [0.15, 0.2) is 48.5 Å². The molecule has 0 aliphatic heterocycles. The predicted octanol–water partition coefficient (Wildman–Crippen LogP) is 3.79. The van der Waals surface area contributed by atoms with Crippen LogP contribution in [0.1, 0.15) is 19.4 Å². The zero-order valence-electron chi connectivity index (χ0n) is 15.2. The fourth-order valence-electron chi connectivity index (χ4n) is 2.21. The number of benzene rings is 2. The zero-order chi connectivity index (χ0) is 18.9. The van der Waals surface area contributed by atoms with Crippen molar-refractivity contribution in [2.75, 3.05) is 19.0 Å². The highest BCUT2D eigenvalue weighted by atomic mass is 32.1. The van der Waals surface area contributed by atoms with Crippen LogP contribution in [-0.2, 0) is 11.2 Å². The van der Waals surface area contributed by atoms with E-state index in [4.69, 9.17) is 21.7 Å². The third kappa shape index (κ3) is 6.37. The van der Waals surface area contributed by atoms with E-state index in [-0.39, 0.29) is 17.4 Å². The Morgan fingerprint density at radius 3 is 2.46 bits per heavy atom. The lowest BCUT2D eigenvalue weighted by Gasteiger charge is -2.15. The molecule has 0 aromatic heterocycles. The lowest BCUT2D eigenvalue weighted by Crippen LogP contribution is -2.35. The number of nitrogens with one attached hydrogen (secondary N) is 2. The van der Waals surface area contributed by atoms with Crippen molar-refractivity contribution < 1.29 is 14.3 Å². The van der Waals surface area contributed by atoms with Gasteiger partial charge in [0.2, 0.25) is 5.91 Å².